The Kier molecular flexibility index (Phi) is 86.1. The number of carboxylic acids is 3. The SMILES string of the molecule is CCCCCCCC/C=C\CCCCCCCCCCCC(=O)[O-].CCCCCCCC/C=C\CCCCCCCCCCCC(=O)[O-].CCCCCCCC/C=C\CCCCCCCCCCCC(=O)[O-].CCC[CH2][Sn+3]. The van der Waals surface area contributed by atoms with Crippen LogP contribution in [0, 0.1) is 0 Å². The van der Waals surface area contributed by atoms with Crippen LogP contribution in [0.1, 0.15) is 387 Å². The van der Waals surface area contributed by atoms with E-state index in [0.29, 0.717) is 0 Å². The molecule has 77 heavy (non-hydrogen) atoms. The van der Waals surface area contributed by atoms with Crippen molar-refractivity contribution in [3.63, 3.8) is 0 Å². The van der Waals surface area contributed by atoms with Gasteiger partial charge in [0.05, 0.1) is 0 Å². The molecule has 0 N–H and O–H groups in total. The second-order valence-corrected chi connectivity index (χ2v) is 23.9. The molecule has 0 amide bonds. The molecule has 0 spiro atoms. The summed E-state index contributed by atoms with van der Waals surface area (Å²) in [7, 11) is 0. The first-order valence-corrected chi connectivity index (χ1v) is 35.9. The standard InChI is InChI=1S/3C22H42O2.C4H9.Sn/c3*1-2-3-4-5-6-7-8-9-10-11-12-13-14-15-16-17-18-19-20-21-22(23)24;1-3-4-2;/h3*9-10H,2-8,11-21H2,1H3,(H,23,24);1,3-4H2,2H3;/q;;;;+3/p-3/b3*10-9-;;. The van der Waals surface area contributed by atoms with Crippen molar-refractivity contribution < 1.29 is 29.7 Å². The number of hydrogen-bond donors (Lipinski definition) is 0. The first kappa shape index (κ1) is 81.9. The summed E-state index contributed by atoms with van der Waals surface area (Å²) in [4.78, 5) is 30.8. The van der Waals surface area contributed by atoms with Crippen molar-refractivity contribution in [2.45, 2.75) is 392 Å². The topological polar surface area (TPSA) is 120 Å². The van der Waals surface area contributed by atoms with Crippen LogP contribution in [-0.4, -0.2) is 40.4 Å². The van der Waals surface area contributed by atoms with Gasteiger partial charge in [0.15, 0.2) is 0 Å². The minimum absolute atomic E-state index is 0.229. The van der Waals surface area contributed by atoms with E-state index in [0.717, 1.165) is 38.5 Å². The first-order chi connectivity index (χ1) is 37.7. The third kappa shape index (κ3) is 97.0. The van der Waals surface area contributed by atoms with Gasteiger partial charge in [-0.25, -0.2) is 0 Å². The van der Waals surface area contributed by atoms with E-state index >= 15 is 0 Å². The van der Waals surface area contributed by atoms with E-state index in [4.69, 9.17) is 0 Å². The molecular formula is C70H132O6Sn. The van der Waals surface area contributed by atoms with Crippen LogP contribution in [0.2, 0.25) is 4.44 Å². The molecule has 0 saturated heterocycles. The average molecular weight is 1190 g/mol. The Bertz CT molecular complexity index is 1040. The zero-order valence-corrected chi connectivity index (χ0v) is 55.1. The normalized spacial score (nSPS) is 11.2. The number of rotatable bonds is 59. The summed E-state index contributed by atoms with van der Waals surface area (Å²) >= 11 is 1.68. The molecule has 0 saturated carbocycles. The van der Waals surface area contributed by atoms with Gasteiger partial charge >= 0.3 is 46.7 Å². The van der Waals surface area contributed by atoms with Crippen LogP contribution >= 0.6 is 0 Å². The van der Waals surface area contributed by atoms with E-state index in [9.17, 15) is 29.7 Å². The van der Waals surface area contributed by atoms with Crippen LogP contribution in [0.15, 0.2) is 36.5 Å². The van der Waals surface area contributed by atoms with E-state index in [-0.39, 0.29) is 19.3 Å². The van der Waals surface area contributed by atoms with Crippen molar-refractivity contribution in [3.8, 4) is 0 Å². The molecule has 0 aromatic rings. The molecule has 0 aromatic heterocycles. The molecule has 0 rings (SSSR count). The van der Waals surface area contributed by atoms with Crippen LogP contribution in [0.4, 0.5) is 0 Å². The summed E-state index contributed by atoms with van der Waals surface area (Å²) in [5, 5.41) is 30.8. The number of carboxylic acid groups (broad SMARTS) is 3. The number of hydrogen-bond acceptors (Lipinski definition) is 6. The molecule has 452 valence electrons. The molecule has 0 aliphatic heterocycles. The van der Waals surface area contributed by atoms with Gasteiger partial charge in [-0.05, 0) is 116 Å². The Morgan fingerprint density at radius 1 is 0.234 bits per heavy atom. The zero-order chi connectivity index (χ0) is 57.3. The van der Waals surface area contributed by atoms with Crippen LogP contribution in [-0.2, 0) is 14.4 Å². The molecule has 0 heterocycles. The zero-order valence-electron chi connectivity index (χ0n) is 52.2. The van der Waals surface area contributed by atoms with Crippen LogP contribution < -0.4 is 15.3 Å². The van der Waals surface area contributed by atoms with Gasteiger partial charge in [0, 0.05) is 17.9 Å². The number of allylic oxidation sites excluding steroid dienone is 6. The summed E-state index contributed by atoms with van der Waals surface area (Å²) < 4.78 is 1.43. The van der Waals surface area contributed by atoms with E-state index in [2.05, 4.69) is 64.2 Å². The van der Waals surface area contributed by atoms with Crippen LogP contribution in [0.25, 0.3) is 0 Å². The Labute approximate surface area is 495 Å². The Balaban J connectivity index is -0.000000495. The number of aliphatic carboxylic acids is 3. The van der Waals surface area contributed by atoms with Gasteiger partial charge in [-0.2, -0.15) is 0 Å². The van der Waals surface area contributed by atoms with Gasteiger partial charge in [0.25, 0.3) is 0 Å². The molecule has 0 aromatic carbocycles. The van der Waals surface area contributed by atoms with Gasteiger partial charge in [0.2, 0.25) is 0 Å². The Hall–Kier alpha value is -1.57. The van der Waals surface area contributed by atoms with Crippen molar-refractivity contribution in [2.24, 2.45) is 0 Å². The van der Waals surface area contributed by atoms with Gasteiger partial charge in [-0.15, -0.1) is 0 Å². The Morgan fingerprint density at radius 3 is 0.506 bits per heavy atom. The van der Waals surface area contributed by atoms with Gasteiger partial charge in [-0.1, -0.05) is 288 Å². The summed E-state index contributed by atoms with van der Waals surface area (Å²) in [6.45, 7) is 9.04. The van der Waals surface area contributed by atoms with Crippen molar-refractivity contribution in [3.05, 3.63) is 36.5 Å². The maximum atomic E-state index is 10.3. The number of unbranched alkanes of at least 4 members (excludes halogenated alkanes) is 46. The van der Waals surface area contributed by atoms with Crippen molar-refractivity contribution in [2.75, 3.05) is 0 Å². The molecule has 0 fully saturated rings. The molecule has 0 atom stereocenters. The van der Waals surface area contributed by atoms with E-state index < -0.39 is 17.9 Å². The van der Waals surface area contributed by atoms with Crippen LogP contribution in [0.5, 0.6) is 0 Å². The Morgan fingerprint density at radius 2 is 0.377 bits per heavy atom. The molecular weight excluding hydrogens is 1060 g/mol. The average Bonchev–Trinajstić information content (AvgIpc) is 3.41. The fourth-order valence-electron chi connectivity index (χ4n) is 9.32. The van der Waals surface area contributed by atoms with Crippen molar-refractivity contribution in [1.29, 1.82) is 0 Å². The van der Waals surface area contributed by atoms with Gasteiger partial charge < -0.3 is 29.7 Å². The summed E-state index contributed by atoms with van der Waals surface area (Å²) in [5.41, 5.74) is 0. The predicted molar refractivity (Wildman–Crippen MR) is 334 cm³/mol. The molecule has 6 nitrogen and oxygen atoms in total. The molecule has 7 heteroatoms. The maximum absolute atomic E-state index is 10.3. The monoisotopic (exact) mass is 1190 g/mol. The third-order valence-corrected chi connectivity index (χ3v) is 15.5. The molecule has 0 aliphatic rings. The fourth-order valence-corrected chi connectivity index (χ4v) is 10.3. The third-order valence-electron chi connectivity index (χ3n) is 14.5. The van der Waals surface area contributed by atoms with Crippen LogP contribution in [0.3, 0.4) is 0 Å². The molecule has 0 bridgehead atoms. The van der Waals surface area contributed by atoms with Crippen molar-refractivity contribution >= 4 is 40.4 Å². The molecule has 0 aliphatic carbocycles. The fraction of sp³-hybridized carbons (Fsp3) is 0.871. The second-order valence-electron chi connectivity index (χ2n) is 22.5. The van der Waals surface area contributed by atoms with Gasteiger partial charge in [-0.3, -0.25) is 0 Å². The van der Waals surface area contributed by atoms with Crippen molar-refractivity contribution in [1.82, 2.24) is 0 Å². The number of carbonyl (C=O) groups is 3. The first-order valence-electron chi connectivity index (χ1n) is 33.9. The molecule has 0 radical (unpaired) electrons. The summed E-state index contributed by atoms with van der Waals surface area (Å²) in [6, 6.07) is 0. The number of carbonyl (C=O) groups excluding carboxylic acids is 3. The molecule has 0 unspecified atom stereocenters. The summed E-state index contributed by atoms with van der Waals surface area (Å²) in [5.74, 6) is -2.72. The summed E-state index contributed by atoms with van der Waals surface area (Å²) in [6.07, 6.45) is 83.1. The van der Waals surface area contributed by atoms with E-state index in [1.807, 2.05) is 0 Å². The quantitative estimate of drug-likeness (QED) is 0.0340. The second kappa shape index (κ2) is 80.9. The van der Waals surface area contributed by atoms with E-state index in [1.165, 1.54) is 306 Å². The van der Waals surface area contributed by atoms with E-state index in [1.54, 1.807) is 22.5 Å². The van der Waals surface area contributed by atoms with Gasteiger partial charge in [0.1, 0.15) is 0 Å². The predicted octanol–water partition coefficient (Wildman–Crippen LogP) is 20.4. The minimum atomic E-state index is -0.906.